The van der Waals surface area contributed by atoms with Crippen molar-refractivity contribution in [2.24, 2.45) is 0 Å². The molecular formula is C16H25N3O2. The molecule has 0 bridgehead atoms. The molecule has 5 nitrogen and oxygen atoms in total. The van der Waals surface area contributed by atoms with Crippen LogP contribution in [0.3, 0.4) is 0 Å². The fourth-order valence-corrected chi connectivity index (χ4v) is 2.72. The van der Waals surface area contributed by atoms with Crippen molar-refractivity contribution >= 4 is 5.91 Å². The molecule has 2 rings (SSSR count). The maximum Gasteiger partial charge on any atom is 0.270 e. The number of aliphatic hydroxyl groups is 1. The van der Waals surface area contributed by atoms with Crippen LogP contribution in [0.5, 0.6) is 0 Å². The highest BCUT2D eigenvalue weighted by Gasteiger charge is 2.24. The molecule has 0 aromatic carbocycles. The number of nitrogens with zero attached hydrogens (tertiary/aromatic N) is 2. The van der Waals surface area contributed by atoms with Gasteiger partial charge in [-0.3, -0.25) is 4.79 Å². The molecule has 1 saturated carbocycles. The van der Waals surface area contributed by atoms with Gasteiger partial charge in [-0.05, 0) is 31.7 Å². The highest BCUT2D eigenvalue weighted by atomic mass is 16.3. The minimum atomic E-state index is -0.836. The second-order valence-electron chi connectivity index (χ2n) is 5.90. The zero-order chi connectivity index (χ0) is 15.3. The fourth-order valence-electron chi connectivity index (χ4n) is 2.72. The summed E-state index contributed by atoms with van der Waals surface area (Å²) in [7, 11) is 0. The Morgan fingerprint density at radius 3 is 2.67 bits per heavy atom. The highest BCUT2D eigenvalue weighted by Crippen LogP contribution is 2.31. The first-order valence-electron chi connectivity index (χ1n) is 7.91. The van der Waals surface area contributed by atoms with Gasteiger partial charge in [-0.1, -0.05) is 26.7 Å². The molecule has 0 atom stereocenters. The fraction of sp³-hybridized carbons (Fsp3) is 0.688. The number of hydrogen-bond donors (Lipinski definition) is 2. The molecule has 1 heterocycles. The van der Waals surface area contributed by atoms with Crippen LogP contribution in [0.25, 0.3) is 0 Å². The Morgan fingerprint density at radius 1 is 1.38 bits per heavy atom. The van der Waals surface area contributed by atoms with E-state index in [1.807, 2.05) is 13.8 Å². The second kappa shape index (κ2) is 6.98. The minimum Gasteiger partial charge on any atom is -0.388 e. The standard InChI is InChI=1S/C16H25N3O2/c1-3-16(21,4-2)11-18-15(20)13-9-10-17-14(19-13)12-7-5-6-8-12/h9-10,12,21H,3-8,11H2,1-2H3,(H,18,20). The van der Waals surface area contributed by atoms with E-state index >= 15 is 0 Å². The summed E-state index contributed by atoms with van der Waals surface area (Å²) in [5.41, 5.74) is -0.446. The van der Waals surface area contributed by atoms with Gasteiger partial charge < -0.3 is 10.4 Å². The van der Waals surface area contributed by atoms with Gasteiger partial charge in [-0.15, -0.1) is 0 Å². The van der Waals surface area contributed by atoms with Crippen molar-refractivity contribution < 1.29 is 9.90 Å². The van der Waals surface area contributed by atoms with Gasteiger partial charge in [0.2, 0.25) is 0 Å². The Balaban J connectivity index is 2.00. The van der Waals surface area contributed by atoms with E-state index in [0.717, 1.165) is 18.7 Å². The van der Waals surface area contributed by atoms with Gasteiger partial charge in [-0.2, -0.15) is 0 Å². The van der Waals surface area contributed by atoms with Crippen LogP contribution in [-0.4, -0.2) is 33.1 Å². The van der Waals surface area contributed by atoms with Crippen molar-refractivity contribution in [1.29, 1.82) is 0 Å². The molecule has 0 radical (unpaired) electrons. The molecule has 116 valence electrons. The second-order valence-corrected chi connectivity index (χ2v) is 5.90. The molecule has 0 aliphatic heterocycles. The smallest absolute Gasteiger partial charge is 0.270 e. The Hall–Kier alpha value is -1.49. The third-order valence-corrected chi connectivity index (χ3v) is 4.52. The topological polar surface area (TPSA) is 75.1 Å². The van der Waals surface area contributed by atoms with Gasteiger partial charge in [-0.25, -0.2) is 9.97 Å². The van der Waals surface area contributed by atoms with Crippen LogP contribution in [0.1, 0.15) is 74.6 Å². The molecule has 1 fully saturated rings. The Labute approximate surface area is 126 Å². The van der Waals surface area contributed by atoms with Crippen LogP contribution < -0.4 is 5.32 Å². The Morgan fingerprint density at radius 2 is 2.05 bits per heavy atom. The van der Waals surface area contributed by atoms with Crippen molar-refractivity contribution in [3.8, 4) is 0 Å². The summed E-state index contributed by atoms with van der Waals surface area (Å²) in [5.74, 6) is 0.930. The quantitative estimate of drug-likeness (QED) is 0.844. The maximum atomic E-state index is 12.2. The lowest BCUT2D eigenvalue weighted by Gasteiger charge is -2.25. The molecule has 0 saturated heterocycles. The van der Waals surface area contributed by atoms with Crippen LogP contribution in [0, 0.1) is 0 Å². The van der Waals surface area contributed by atoms with E-state index in [0.29, 0.717) is 24.5 Å². The van der Waals surface area contributed by atoms with Crippen LogP contribution in [-0.2, 0) is 0 Å². The molecule has 21 heavy (non-hydrogen) atoms. The van der Waals surface area contributed by atoms with E-state index < -0.39 is 5.60 Å². The summed E-state index contributed by atoms with van der Waals surface area (Å²) in [6.07, 6.45) is 7.52. The van der Waals surface area contributed by atoms with Crippen LogP contribution in [0.4, 0.5) is 0 Å². The SMILES string of the molecule is CCC(O)(CC)CNC(=O)c1ccnc(C2CCCC2)n1. The summed E-state index contributed by atoms with van der Waals surface area (Å²) in [6, 6.07) is 1.63. The predicted molar refractivity (Wildman–Crippen MR) is 81.1 cm³/mol. The lowest BCUT2D eigenvalue weighted by Crippen LogP contribution is -2.42. The number of carbonyl (C=O) groups is 1. The molecule has 0 unspecified atom stereocenters. The van der Waals surface area contributed by atoms with Gasteiger partial charge in [0.1, 0.15) is 11.5 Å². The first kappa shape index (κ1) is 15.9. The summed E-state index contributed by atoms with van der Waals surface area (Å²) in [5, 5.41) is 13.0. The van der Waals surface area contributed by atoms with Crippen molar-refractivity contribution in [2.75, 3.05) is 6.54 Å². The van der Waals surface area contributed by atoms with E-state index in [2.05, 4.69) is 15.3 Å². The van der Waals surface area contributed by atoms with E-state index in [-0.39, 0.29) is 12.5 Å². The zero-order valence-electron chi connectivity index (χ0n) is 12.9. The Bertz CT molecular complexity index is 480. The minimum absolute atomic E-state index is 0.239. The van der Waals surface area contributed by atoms with Crippen molar-refractivity contribution in [1.82, 2.24) is 15.3 Å². The van der Waals surface area contributed by atoms with Crippen molar-refractivity contribution in [3.63, 3.8) is 0 Å². The Kier molecular flexibility index (Phi) is 5.28. The van der Waals surface area contributed by atoms with Crippen LogP contribution in [0.2, 0.25) is 0 Å². The predicted octanol–water partition coefficient (Wildman–Crippen LogP) is 2.42. The average Bonchev–Trinajstić information content (AvgIpc) is 3.07. The number of amides is 1. The molecule has 5 heteroatoms. The number of nitrogens with one attached hydrogen (secondary N) is 1. The molecule has 1 amide bonds. The van der Waals surface area contributed by atoms with Crippen LogP contribution in [0.15, 0.2) is 12.3 Å². The third kappa shape index (κ3) is 4.00. The normalized spacial score (nSPS) is 16.1. The van der Waals surface area contributed by atoms with Gasteiger partial charge >= 0.3 is 0 Å². The van der Waals surface area contributed by atoms with E-state index in [4.69, 9.17) is 0 Å². The van der Waals surface area contributed by atoms with Gasteiger partial charge in [0.15, 0.2) is 0 Å². The van der Waals surface area contributed by atoms with Gasteiger partial charge in [0, 0.05) is 18.7 Å². The van der Waals surface area contributed by atoms with Gasteiger partial charge in [0.05, 0.1) is 5.60 Å². The zero-order valence-corrected chi connectivity index (χ0v) is 12.9. The summed E-state index contributed by atoms with van der Waals surface area (Å²) < 4.78 is 0. The van der Waals surface area contributed by atoms with Gasteiger partial charge in [0.25, 0.3) is 5.91 Å². The van der Waals surface area contributed by atoms with Crippen molar-refractivity contribution in [2.45, 2.75) is 63.9 Å². The summed E-state index contributed by atoms with van der Waals surface area (Å²) >= 11 is 0. The summed E-state index contributed by atoms with van der Waals surface area (Å²) in [6.45, 7) is 4.08. The third-order valence-electron chi connectivity index (χ3n) is 4.52. The van der Waals surface area contributed by atoms with Crippen molar-refractivity contribution in [3.05, 3.63) is 23.8 Å². The maximum absolute atomic E-state index is 12.2. The largest absolute Gasteiger partial charge is 0.388 e. The first-order chi connectivity index (χ1) is 10.1. The van der Waals surface area contributed by atoms with E-state index in [1.54, 1.807) is 12.3 Å². The molecule has 1 aliphatic carbocycles. The lowest BCUT2D eigenvalue weighted by molar-refractivity contribution is 0.0313. The van der Waals surface area contributed by atoms with E-state index in [9.17, 15) is 9.90 Å². The average molecular weight is 291 g/mol. The van der Waals surface area contributed by atoms with E-state index in [1.165, 1.54) is 12.8 Å². The number of hydrogen-bond acceptors (Lipinski definition) is 4. The molecule has 1 aromatic rings. The summed E-state index contributed by atoms with van der Waals surface area (Å²) in [4.78, 5) is 20.9. The first-order valence-corrected chi connectivity index (χ1v) is 7.91. The molecular weight excluding hydrogens is 266 g/mol. The number of rotatable bonds is 6. The monoisotopic (exact) mass is 291 g/mol. The molecule has 0 spiro atoms. The number of carbonyl (C=O) groups excluding carboxylic acids is 1. The van der Waals surface area contributed by atoms with Crippen LogP contribution >= 0.6 is 0 Å². The lowest BCUT2D eigenvalue weighted by atomic mass is 9.97. The molecule has 2 N–H and O–H groups in total. The number of aromatic nitrogens is 2. The highest BCUT2D eigenvalue weighted by molar-refractivity contribution is 5.92. The molecule has 1 aromatic heterocycles. The molecule has 1 aliphatic rings.